The number of rotatable bonds is 5. The topological polar surface area (TPSA) is 111 Å². The normalized spacial score (nSPS) is 17.6. The van der Waals surface area contributed by atoms with Crippen molar-refractivity contribution in [2.24, 2.45) is 5.92 Å². The number of benzene rings is 1. The number of anilines is 2. The molecule has 1 aliphatic rings. The smallest absolute Gasteiger partial charge is 0.231 e. The predicted molar refractivity (Wildman–Crippen MR) is 111 cm³/mol. The van der Waals surface area contributed by atoms with E-state index >= 15 is 4.39 Å². The Kier molecular flexibility index (Phi) is 4.48. The van der Waals surface area contributed by atoms with Crippen LogP contribution in [0.1, 0.15) is 6.42 Å². The summed E-state index contributed by atoms with van der Waals surface area (Å²) in [6.07, 6.45) is 3.95. The standard InChI is InChI=1S/C20H14ClF2N7O/c21-16-15(11-6-26-29-18(11)19(17(16)23)25-4-3-24)9-1-2-14-27-13(8-30(14)7-9)28-20(31)10-5-12(10)22/h1-2,6-8,10,12,25H,4-5H2,(H,26,29)(H,28,31)/t10-,12+/m1/s1. The van der Waals surface area contributed by atoms with Crippen LogP contribution in [0.15, 0.2) is 30.7 Å². The first kappa shape index (κ1) is 19.3. The molecule has 1 saturated carbocycles. The minimum Gasteiger partial charge on any atom is -0.368 e. The van der Waals surface area contributed by atoms with Crippen LogP contribution in [0.3, 0.4) is 0 Å². The molecule has 4 aromatic rings. The van der Waals surface area contributed by atoms with Crippen LogP contribution in [0.4, 0.5) is 20.3 Å². The van der Waals surface area contributed by atoms with Crippen molar-refractivity contribution in [3.63, 3.8) is 0 Å². The van der Waals surface area contributed by atoms with E-state index in [0.717, 1.165) is 0 Å². The van der Waals surface area contributed by atoms with Crippen molar-refractivity contribution in [1.29, 1.82) is 5.26 Å². The number of carbonyl (C=O) groups excluding carboxylic acids is 1. The number of aromatic nitrogens is 4. The van der Waals surface area contributed by atoms with Gasteiger partial charge < -0.3 is 15.0 Å². The Bertz CT molecular complexity index is 1390. The molecule has 3 aromatic heterocycles. The van der Waals surface area contributed by atoms with E-state index in [1.807, 2.05) is 6.07 Å². The van der Waals surface area contributed by atoms with Crippen LogP contribution in [0, 0.1) is 23.1 Å². The van der Waals surface area contributed by atoms with Crippen LogP contribution < -0.4 is 10.6 Å². The first-order chi connectivity index (χ1) is 15.0. The van der Waals surface area contributed by atoms with Gasteiger partial charge in [-0.25, -0.2) is 13.8 Å². The third-order valence-corrected chi connectivity index (χ3v) is 5.53. The fourth-order valence-corrected chi connectivity index (χ4v) is 3.85. The molecule has 1 amide bonds. The van der Waals surface area contributed by atoms with Gasteiger partial charge in [-0.1, -0.05) is 11.6 Å². The van der Waals surface area contributed by atoms with Crippen molar-refractivity contribution in [3.8, 4) is 17.2 Å². The Morgan fingerprint density at radius 2 is 2.23 bits per heavy atom. The zero-order valence-corrected chi connectivity index (χ0v) is 16.5. The third-order valence-electron chi connectivity index (χ3n) is 5.17. The molecule has 1 fully saturated rings. The van der Waals surface area contributed by atoms with Crippen molar-refractivity contribution >= 4 is 45.6 Å². The van der Waals surface area contributed by atoms with Gasteiger partial charge in [-0.05, 0) is 18.6 Å². The molecule has 0 saturated heterocycles. The quantitative estimate of drug-likeness (QED) is 0.407. The number of nitriles is 1. The molecule has 1 aliphatic carbocycles. The van der Waals surface area contributed by atoms with Gasteiger partial charge in [-0.15, -0.1) is 0 Å². The lowest BCUT2D eigenvalue weighted by Crippen LogP contribution is -2.15. The van der Waals surface area contributed by atoms with Crippen molar-refractivity contribution < 1.29 is 13.6 Å². The first-order valence-corrected chi connectivity index (χ1v) is 9.74. The molecule has 31 heavy (non-hydrogen) atoms. The summed E-state index contributed by atoms with van der Waals surface area (Å²) in [4.78, 5) is 16.3. The highest BCUT2D eigenvalue weighted by Crippen LogP contribution is 2.41. The molecule has 0 unspecified atom stereocenters. The molecule has 3 heterocycles. The van der Waals surface area contributed by atoms with E-state index in [2.05, 4.69) is 25.8 Å². The summed E-state index contributed by atoms with van der Waals surface area (Å²) in [5, 5.41) is 21.3. The number of nitrogens with zero attached hydrogens (tertiary/aromatic N) is 4. The largest absolute Gasteiger partial charge is 0.368 e. The van der Waals surface area contributed by atoms with E-state index in [1.54, 1.807) is 28.9 Å². The molecular weight excluding hydrogens is 428 g/mol. The number of hydrogen-bond acceptors (Lipinski definition) is 5. The van der Waals surface area contributed by atoms with Crippen molar-refractivity contribution in [3.05, 3.63) is 41.6 Å². The van der Waals surface area contributed by atoms with Crippen LogP contribution in [-0.2, 0) is 4.79 Å². The van der Waals surface area contributed by atoms with E-state index in [-0.39, 0.29) is 23.7 Å². The number of imidazole rings is 1. The monoisotopic (exact) mass is 441 g/mol. The first-order valence-electron chi connectivity index (χ1n) is 9.37. The van der Waals surface area contributed by atoms with Crippen LogP contribution in [-0.4, -0.2) is 38.2 Å². The van der Waals surface area contributed by atoms with Gasteiger partial charge in [0.15, 0.2) is 11.6 Å². The average molecular weight is 442 g/mol. The highest BCUT2D eigenvalue weighted by molar-refractivity contribution is 6.36. The molecule has 156 valence electrons. The molecule has 5 rings (SSSR count). The number of hydrogen-bond donors (Lipinski definition) is 3. The van der Waals surface area contributed by atoms with Gasteiger partial charge in [-0.3, -0.25) is 9.89 Å². The minimum atomic E-state index is -1.09. The molecule has 8 nitrogen and oxygen atoms in total. The second-order valence-electron chi connectivity index (χ2n) is 7.21. The zero-order valence-electron chi connectivity index (χ0n) is 15.8. The van der Waals surface area contributed by atoms with Crippen LogP contribution in [0.5, 0.6) is 0 Å². The molecule has 11 heteroatoms. The highest BCUT2D eigenvalue weighted by Gasteiger charge is 2.43. The number of carbonyl (C=O) groups is 1. The summed E-state index contributed by atoms with van der Waals surface area (Å²) >= 11 is 6.37. The Labute approximate surface area is 178 Å². The number of pyridine rings is 1. The van der Waals surface area contributed by atoms with Gasteiger partial charge >= 0.3 is 0 Å². The molecular formula is C20H14ClF2N7O. The Morgan fingerprint density at radius 3 is 2.97 bits per heavy atom. The molecule has 0 bridgehead atoms. The van der Waals surface area contributed by atoms with Crippen molar-refractivity contribution in [2.45, 2.75) is 12.6 Å². The molecule has 3 N–H and O–H groups in total. The maximum absolute atomic E-state index is 15.0. The minimum absolute atomic E-state index is 0.0720. The maximum atomic E-state index is 15.0. The number of halogens is 3. The molecule has 2 atom stereocenters. The zero-order chi connectivity index (χ0) is 21.7. The Balaban J connectivity index is 1.56. The number of aromatic amines is 1. The number of H-pyrrole nitrogens is 1. The fraction of sp³-hybridized carbons (Fsp3) is 0.200. The Hall–Kier alpha value is -3.71. The molecule has 0 radical (unpaired) electrons. The van der Waals surface area contributed by atoms with Gasteiger partial charge in [0.25, 0.3) is 0 Å². The second-order valence-corrected chi connectivity index (χ2v) is 7.58. The van der Waals surface area contributed by atoms with E-state index in [0.29, 0.717) is 33.5 Å². The van der Waals surface area contributed by atoms with Crippen molar-refractivity contribution in [2.75, 3.05) is 17.2 Å². The highest BCUT2D eigenvalue weighted by atomic mass is 35.5. The summed E-state index contributed by atoms with van der Waals surface area (Å²) in [5.74, 6) is -1.43. The number of nitrogens with one attached hydrogen (secondary N) is 3. The second kappa shape index (κ2) is 7.21. The summed E-state index contributed by atoms with van der Waals surface area (Å²) in [7, 11) is 0. The van der Waals surface area contributed by atoms with Gasteiger partial charge in [0.2, 0.25) is 5.91 Å². The lowest BCUT2D eigenvalue weighted by molar-refractivity contribution is -0.117. The SMILES string of the molecule is N#CCNc1c(F)c(Cl)c(-c2ccc3nc(NC(=O)[C@@H]4C[C@@H]4F)cn3c2)c2cn[nH]c12. The number of alkyl halides is 1. The van der Waals surface area contributed by atoms with Crippen LogP contribution in [0.2, 0.25) is 5.02 Å². The van der Waals surface area contributed by atoms with Gasteiger partial charge in [0.05, 0.1) is 40.6 Å². The summed E-state index contributed by atoms with van der Waals surface area (Å²) in [6, 6.07) is 5.32. The van der Waals surface area contributed by atoms with Gasteiger partial charge in [-0.2, -0.15) is 10.4 Å². The average Bonchev–Trinajstić information content (AvgIpc) is 3.12. The lowest BCUT2D eigenvalue weighted by Gasteiger charge is -2.13. The Morgan fingerprint density at radius 1 is 1.42 bits per heavy atom. The molecule has 0 aliphatic heterocycles. The molecule has 0 spiro atoms. The summed E-state index contributed by atoms with van der Waals surface area (Å²) in [5.41, 5.74) is 2.01. The third kappa shape index (κ3) is 3.23. The van der Waals surface area contributed by atoms with E-state index < -0.39 is 23.8 Å². The lowest BCUT2D eigenvalue weighted by atomic mass is 10.0. The number of amides is 1. The maximum Gasteiger partial charge on any atom is 0.231 e. The summed E-state index contributed by atoms with van der Waals surface area (Å²) < 4.78 is 29.7. The summed E-state index contributed by atoms with van der Waals surface area (Å²) in [6.45, 7) is -0.0970. The van der Waals surface area contributed by atoms with Crippen molar-refractivity contribution in [1.82, 2.24) is 19.6 Å². The van der Waals surface area contributed by atoms with Crippen LogP contribution >= 0.6 is 11.6 Å². The van der Waals surface area contributed by atoms with E-state index in [1.165, 1.54) is 6.20 Å². The molecule has 1 aromatic carbocycles. The number of fused-ring (bicyclic) bond motifs is 2. The predicted octanol–water partition coefficient (Wildman–Crippen LogP) is 3.90. The van der Waals surface area contributed by atoms with E-state index in [4.69, 9.17) is 16.9 Å². The van der Waals surface area contributed by atoms with E-state index in [9.17, 15) is 9.18 Å². The van der Waals surface area contributed by atoms with Gasteiger partial charge in [0, 0.05) is 22.7 Å². The van der Waals surface area contributed by atoms with Crippen LogP contribution in [0.25, 0.3) is 27.7 Å². The fourth-order valence-electron chi connectivity index (χ4n) is 3.54. The van der Waals surface area contributed by atoms with Gasteiger partial charge in [0.1, 0.15) is 18.4 Å².